The van der Waals surface area contributed by atoms with Crippen LogP contribution >= 0.6 is 15.9 Å². The summed E-state index contributed by atoms with van der Waals surface area (Å²) in [4.78, 5) is 0. The van der Waals surface area contributed by atoms with Gasteiger partial charge in [-0.2, -0.15) is 0 Å². The standard InChI is InChI=1S/C24H54P2/c1-4-7-10-13-16-19-22-26(25,23-20-17-14-11-8-5-2)24-21-18-15-12-9-6-3/h26H,4-25H2,1-3H3. The van der Waals surface area contributed by atoms with Crippen molar-refractivity contribution < 1.29 is 0 Å². The summed E-state index contributed by atoms with van der Waals surface area (Å²) in [6.45, 7) is 5.92. The van der Waals surface area contributed by atoms with Gasteiger partial charge in [-0.3, -0.25) is 0 Å². The topological polar surface area (TPSA) is 0 Å². The van der Waals surface area contributed by atoms with E-state index in [1.807, 2.05) is 0 Å². The van der Waals surface area contributed by atoms with Crippen LogP contribution in [0.2, 0.25) is 0 Å². The van der Waals surface area contributed by atoms with Gasteiger partial charge in [0.25, 0.3) is 0 Å². The zero-order valence-corrected chi connectivity index (χ0v) is 21.1. The van der Waals surface area contributed by atoms with Crippen LogP contribution in [-0.2, 0) is 0 Å². The summed E-state index contributed by atoms with van der Waals surface area (Å²) in [5.41, 5.74) is 0. The number of unbranched alkanes of at least 4 members (excludes halogenated alkanes) is 15. The molecule has 0 fully saturated rings. The Morgan fingerprint density at radius 3 is 0.885 bits per heavy atom. The Kier molecular flexibility index (Phi) is 21.3. The molecular formula is C24H54P2. The van der Waals surface area contributed by atoms with Gasteiger partial charge in [-0.05, 0) is 0 Å². The molecule has 0 radical (unpaired) electrons. The van der Waals surface area contributed by atoms with Crippen molar-refractivity contribution in [3.63, 3.8) is 0 Å². The van der Waals surface area contributed by atoms with Crippen LogP contribution < -0.4 is 0 Å². The molecule has 0 heterocycles. The first-order valence-electron chi connectivity index (χ1n) is 12.5. The van der Waals surface area contributed by atoms with Crippen molar-refractivity contribution in [1.82, 2.24) is 0 Å². The summed E-state index contributed by atoms with van der Waals surface area (Å²) < 4.78 is 0. The van der Waals surface area contributed by atoms with E-state index in [0.717, 1.165) is 0 Å². The van der Waals surface area contributed by atoms with Crippen molar-refractivity contribution in [2.45, 2.75) is 136 Å². The quantitative estimate of drug-likeness (QED) is 0.132. The molecule has 26 heavy (non-hydrogen) atoms. The van der Waals surface area contributed by atoms with Crippen LogP contribution in [-0.4, -0.2) is 18.5 Å². The van der Waals surface area contributed by atoms with E-state index >= 15 is 0 Å². The van der Waals surface area contributed by atoms with E-state index in [0.29, 0.717) is 0 Å². The molecule has 0 aromatic carbocycles. The summed E-state index contributed by atoms with van der Waals surface area (Å²) in [5, 5.41) is 0. The minimum absolute atomic E-state index is 1.04. The van der Waals surface area contributed by atoms with Crippen molar-refractivity contribution in [1.29, 1.82) is 0 Å². The molecule has 0 aromatic heterocycles. The van der Waals surface area contributed by atoms with Gasteiger partial charge in [0.05, 0.1) is 0 Å². The van der Waals surface area contributed by atoms with Gasteiger partial charge < -0.3 is 0 Å². The van der Waals surface area contributed by atoms with Crippen LogP contribution in [0.15, 0.2) is 0 Å². The van der Waals surface area contributed by atoms with Gasteiger partial charge >= 0.3 is 171 Å². The molecule has 0 aromatic rings. The van der Waals surface area contributed by atoms with Crippen molar-refractivity contribution in [2.75, 3.05) is 18.5 Å². The summed E-state index contributed by atoms with van der Waals surface area (Å²) in [5.74, 6) is 0. The Hall–Kier alpha value is 0.860. The second-order valence-electron chi connectivity index (χ2n) is 8.92. The van der Waals surface area contributed by atoms with Crippen LogP contribution in [0.25, 0.3) is 0 Å². The first-order chi connectivity index (χ1) is 12.7. The van der Waals surface area contributed by atoms with Gasteiger partial charge in [0.1, 0.15) is 0 Å². The maximum atomic E-state index is 3.48. The molecular weight excluding hydrogens is 350 g/mol. The molecule has 0 N–H and O–H groups in total. The van der Waals surface area contributed by atoms with Crippen LogP contribution in [0.3, 0.4) is 0 Å². The fourth-order valence-electron chi connectivity index (χ4n) is 4.15. The van der Waals surface area contributed by atoms with Gasteiger partial charge in [-0.15, -0.1) is 0 Å². The van der Waals surface area contributed by atoms with Crippen molar-refractivity contribution in [3.8, 4) is 0 Å². The minimum atomic E-state index is -1.04. The SMILES string of the molecule is CCCCCCCC[PH](P)(CCCCCCCC)CCCCCCCC. The van der Waals surface area contributed by atoms with E-state index < -0.39 is 6.95 Å². The molecule has 1 unspecified atom stereocenters. The third-order valence-corrected chi connectivity index (χ3v) is 12.7. The van der Waals surface area contributed by atoms with Crippen molar-refractivity contribution >= 4 is 15.9 Å². The van der Waals surface area contributed by atoms with E-state index in [-0.39, 0.29) is 0 Å². The summed E-state index contributed by atoms with van der Waals surface area (Å²) >= 11 is 0. The van der Waals surface area contributed by atoms with E-state index in [4.69, 9.17) is 0 Å². The van der Waals surface area contributed by atoms with Crippen molar-refractivity contribution in [3.05, 3.63) is 0 Å². The summed E-state index contributed by atoms with van der Waals surface area (Å²) in [6, 6.07) is 0. The Morgan fingerprint density at radius 2 is 0.615 bits per heavy atom. The van der Waals surface area contributed by atoms with Crippen LogP contribution in [0, 0.1) is 0 Å². The predicted molar refractivity (Wildman–Crippen MR) is 133 cm³/mol. The Morgan fingerprint density at radius 1 is 0.385 bits per heavy atom. The maximum absolute atomic E-state index is 3.48. The van der Waals surface area contributed by atoms with Crippen LogP contribution in [0.4, 0.5) is 0 Å². The third kappa shape index (κ3) is 18.2. The first kappa shape index (κ1) is 26.9. The van der Waals surface area contributed by atoms with Gasteiger partial charge in [-0.25, -0.2) is 0 Å². The molecule has 0 saturated carbocycles. The zero-order valence-electron chi connectivity index (χ0n) is 18.9. The summed E-state index contributed by atoms with van der Waals surface area (Å²) in [6.07, 6.45) is 31.1. The first-order valence-corrected chi connectivity index (χ1v) is 16.9. The fourth-order valence-corrected chi connectivity index (χ4v) is 9.60. The monoisotopic (exact) mass is 404 g/mol. The van der Waals surface area contributed by atoms with Gasteiger partial charge in [0.15, 0.2) is 0 Å². The van der Waals surface area contributed by atoms with Gasteiger partial charge in [-0.1, -0.05) is 0 Å². The molecule has 2 heteroatoms. The zero-order chi connectivity index (χ0) is 19.3. The van der Waals surface area contributed by atoms with Gasteiger partial charge in [0.2, 0.25) is 0 Å². The molecule has 1 atom stereocenters. The van der Waals surface area contributed by atoms with Gasteiger partial charge in [0, 0.05) is 0 Å². The molecule has 0 aliphatic heterocycles. The molecule has 0 aliphatic rings. The summed E-state index contributed by atoms with van der Waals surface area (Å²) in [7, 11) is 3.48. The predicted octanol–water partition coefficient (Wildman–Crippen LogP) is 9.61. The van der Waals surface area contributed by atoms with E-state index in [1.165, 1.54) is 116 Å². The Labute approximate surface area is 170 Å². The van der Waals surface area contributed by atoms with E-state index in [1.54, 1.807) is 18.5 Å². The second kappa shape index (κ2) is 20.6. The second-order valence-corrected chi connectivity index (χ2v) is 16.8. The molecule has 0 rings (SSSR count). The number of rotatable bonds is 21. The molecule has 0 amide bonds. The number of hydrogen-bond acceptors (Lipinski definition) is 0. The Bertz CT molecular complexity index is 224. The Balaban J connectivity index is 4.02. The van der Waals surface area contributed by atoms with E-state index in [2.05, 4.69) is 29.7 Å². The van der Waals surface area contributed by atoms with Crippen LogP contribution in [0.1, 0.15) is 136 Å². The molecule has 0 saturated heterocycles. The van der Waals surface area contributed by atoms with E-state index in [9.17, 15) is 0 Å². The molecule has 0 aliphatic carbocycles. The molecule has 0 spiro atoms. The molecule has 160 valence electrons. The average Bonchev–Trinajstić information content (AvgIpc) is 2.64. The molecule has 0 nitrogen and oxygen atoms in total. The number of hydrogen-bond donors (Lipinski definition) is 0. The van der Waals surface area contributed by atoms with Crippen LogP contribution in [0.5, 0.6) is 0 Å². The normalized spacial score (nSPS) is 12.6. The molecule has 0 bridgehead atoms. The van der Waals surface area contributed by atoms with Crippen molar-refractivity contribution in [2.24, 2.45) is 0 Å². The average molecular weight is 405 g/mol. The fraction of sp³-hybridized carbons (Fsp3) is 1.00. The third-order valence-electron chi connectivity index (χ3n) is 6.08.